The largest absolute Gasteiger partial charge is 0.354 e. The molecule has 3 aromatic carbocycles. The van der Waals surface area contributed by atoms with Crippen molar-refractivity contribution in [2.24, 2.45) is 5.73 Å². The minimum absolute atomic E-state index is 0.0724. The van der Waals surface area contributed by atoms with E-state index in [1.807, 2.05) is 42.5 Å². The third kappa shape index (κ3) is 7.21. The fourth-order valence-corrected chi connectivity index (χ4v) is 6.15. The summed E-state index contributed by atoms with van der Waals surface area (Å²) >= 11 is 0. The van der Waals surface area contributed by atoms with Crippen molar-refractivity contribution in [3.05, 3.63) is 72.3 Å². The van der Waals surface area contributed by atoms with Crippen molar-refractivity contribution < 1.29 is 22.8 Å². The van der Waals surface area contributed by atoms with Crippen molar-refractivity contribution in [3.8, 4) is 0 Å². The van der Waals surface area contributed by atoms with Crippen LogP contribution in [0.15, 0.2) is 71.6 Å². The zero-order valence-corrected chi connectivity index (χ0v) is 22.6. The van der Waals surface area contributed by atoms with E-state index in [2.05, 4.69) is 10.6 Å². The molecular formula is C29H34N4O5S. The van der Waals surface area contributed by atoms with E-state index in [9.17, 15) is 22.8 Å². The first kappa shape index (κ1) is 28.3. The second-order valence-electron chi connectivity index (χ2n) is 9.62. The third-order valence-corrected chi connectivity index (χ3v) is 8.50. The molecule has 4 N–H and O–H groups in total. The Balaban J connectivity index is 1.41. The number of anilines is 1. The molecule has 0 saturated heterocycles. The number of hydrogen-bond acceptors (Lipinski definition) is 6. The second kappa shape index (κ2) is 12.9. The van der Waals surface area contributed by atoms with E-state index in [1.165, 1.54) is 11.0 Å². The highest BCUT2D eigenvalue weighted by atomic mass is 32.2. The molecule has 0 aromatic heterocycles. The molecule has 206 valence electrons. The Morgan fingerprint density at radius 2 is 1.72 bits per heavy atom. The zero-order chi connectivity index (χ0) is 27.8. The van der Waals surface area contributed by atoms with E-state index in [-0.39, 0.29) is 47.8 Å². The van der Waals surface area contributed by atoms with Crippen molar-refractivity contribution in [1.29, 1.82) is 0 Å². The van der Waals surface area contributed by atoms with Crippen molar-refractivity contribution in [2.45, 2.75) is 43.0 Å². The van der Waals surface area contributed by atoms with Gasteiger partial charge in [-0.25, -0.2) is 8.42 Å². The maximum Gasteiger partial charge on any atom is 0.242 e. The number of nitrogens with zero attached hydrogens (tertiary/aromatic N) is 1. The van der Waals surface area contributed by atoms with E-state index in [0.717, 1.165) is 16.3 Å². The highest BCUT2D eigenvalue weighted by Gasteiger charge is 2.30. The number of benzene rings is 3. The maximum atomic E-state index is 12.9. The summed E-state index contributed by atoms with van der Waals surface area (Å²) in [5.41, 5.74) is 6.81. The molecule has 1 atom stereocenters. The highest BCUT2D eigenvalue weighted by molar-refractivity contribution is 7.91. The molecule has 1 aliphatic heterocycles. The van der Waals surface area contributed by atoms with Gasteiger partial charge in [0.15, 0.2) is 9.84 Å². The van der Waals surface area contributed by atoms with Gasteiger partial charge in [-0.2, -0.15) is 0 Å². The predicted octanol–water partition coefficient (Wildman–Crippen LogP) is 2.32. The number of carbonyl (C=O) groups is 3. The Hall–Kier alpha value is -3.76. The van der Waals surface area contributed by atoms with Gasteiger partial charge in [0.2, 0.25) is 17.7 Å². The summed E-state index contributed by atoms with van der Waals surface area (Å²) in [6.07, 6.45) is 1.22. The molecule has 0 saturated carbocycles. The Kier molecular flexibility index (Phi) is 9.32. The summed E-state index contributed by atoms with van der Waals surface area (Å²) in [6, 6.07) is 19.5. The fraction of sp³-hybridized carbons (Fsp3) is 0.345. The van der Waals surface area contributed by atoms with Crippen LogP contribution in [0.1, 0.15) is 31.2 Å². The van der Waals surface area contributed by atoms with Gasteiger partial charge in [-0.3, -0.25) is 14.4 Å². The average molecular weight is 551 g/mol. The standard InChI is InChI=1S/C29H34N4O5S/c30-15-6-16-31-29(36)24(20-21-12-13-22-7-1-2-8-23(22)19-21)32-27(34)11-5-17-33-25-9-3-4-10-26(25)39(37,38)18-14-28(33)35/h1-4,7-10,12-13,19,24H,5-6,11,14-18,20,30H2,(H,31,36)(H,32,34). The minimum atomic E-state index is -3.56. The van der Waals surface area contributed by atoms with Crippen molar-refractivity contribution >= 4 is 44.0 Å². The van der Waals surface area contributed by atoms with Gasteiger partial charge in [0.05, 0.1) is 16.3 Å². The van der Waals surface area contributed by atoms with Crippen molar-refractivity contribution in [1.82, 2.24) is 10.6 Å². The van der Waals surface area contributed by atoms with Crippen LogP contribution in [0.4, 0.5) is 5.69 Å². The molecule has 1 aliphatic rings. The molecule has 39 heavy (non-hydrogen) atoms. The first-order valence-electron chi connectivity index (χ1n) is 13.2. The molecule has 3 amide bonds. The minimum Gasteiger partial charge on any atom is -0.354 e. The van der Waals surface area contributed by atoms with Gasteiger partial charge in [-0.15, -0.1) is 0 Å². The first-order valence-corrected chi connectivity index (χ1v) is 14.8. The van der Waals surface area contributed by atoms with Crippen LogP contribution in [0.3, 0.4) is 0 Å². The topological polar surface area (TPSA) is 139 Å². The van der Waals surface area contributed by atoms with Gasteiger partial charge in [0.1, 0.15) is 6.04 Å². The fourth-order valence-electron chi connectivity index (χ4n) is 4.70. The van der Waals surface area contributed by atoms with Crippen LogP contribution in [0.2, 0.25) is 0 Å². The van der Waals surface area contributed by atoms with Gasteiger partial charge in [0, 0.05) is 32.4 Å². The Morgan fingerprint density at radius 3 is 2.51 bits per heavy atom. The Bertz CT molecular complexity index is 1460. The van der Waals surface area contributed by atoms with E-state index in [1.54, 1.807) is 18.2 Å². The Labute approximate surface area is 228 Å². The Morgan fingerprint density at radius 1 is 0.974 bits per heavy atom. The lowest BCUT2D eigenvalue weighted by Gasteiger charge is -2.23. The first-order chi connectivity index (χ1) is 18.8. The van der Waals surface area contributed by atoms with Crippen molar-refractivity contribution in [3.63, 3.8) is 0 Å². The summed E-state index contributed by atoms with van der Waals surface area (Å²) < 4.78 is 25.2. The summed E-state index contributed by atoms with van der Waals surface area (Å²) in [7, 11) is -3.56. The van der Waals surface area contributed by atoms with Crippen LogP contribution in [-0.4, -0.2) is 57.6 Å². The second-order valence-corrected chi connectivity index (χ2v) is 11.7. The average Bonchev–Trinajstić information content (AvgIpc) is 3.02. The number of hydrogen-bond donors (Lipinski definition) is 3. The van der Waals surface area contributed by atoms with Crippen molar-refractivity contribution in [2.75, 3.05) is 30.3 Å². The smallest absolute Gasteiger partial charge is 0.242 e. The maximum absolute atomic E-state index is 12.9. The number of nitrogens with one attached hydrogen (secondary N) is 2. The number of rotatable bonds is 11. The molecule has 3 aromatic rings. The van der Waals surface area contributed by atoms with Gasteiger partial charge in [0.25, 0.3) is 0 Å². The summed E-state index contributed by atoms with van der Waals surface area (Å²) in [6.45, 7) is 1.05. The van der Waals surface area contributed by atoms with Gasteiger partial charge < -0.3 is 21.3 Å². The lowest BCUT2D eigenvalue weighted by atomic mass is 10.0. The molecular weight excluding hydrogens is 516 g/mol. The molecule has 0 aliphatic carbocycles. The number of carbonyl (C=O) groups excluding carboxylic acids is 3. The third-order valence-electron chi connectivity index (χ3n) is 6.75. The molecule has 0 fully saturated rings. The lowest BCUT2D eigenvalue weighted by Crippen LogP contribution is -2.48. The molecule has 1 heterocycles. The predicted molar refractivity (Wildman–Crippen MR) is 151 cm³/mol. The SMILES string of the molecule is NCCCNC(=O)C(Cc1ccc2ccccc2c1)NC(=O)CCCN1C(=O)CCS(=O)(=O)c2ccccc21. The molecule has 4 rings (SSSR count). The number of sulfone groups is 1. The monoisotopic (exact) mass is 550 g/mol. The van der Waals surface area contributed by atoms with Crippen LogP contribution in [0.25, 0.3) is 10.8 Å². The van der Waals surface area contributed by atoms with E-state index in [4.69, 9.17) is 5.73 Å². The molecule has 9 nitrogen and oxygen atoms in total. The molecule has 10 heteroatoms. The number of para-hydroxylation sites is 1. The van der Waals surface area contributed by atoms with Gasteiger partial charge >= 0.3 is 0 Å². The van der Waals surface area contributed by atoms with Gasteiger partial charge in [-0.05, 0) is 47.9 Å². The normalized spacial score (nSPS) is 15.3. The van der Waals surface area contributed by atoms with Crippen LogP contribution in [0.5, 0.6) is 0 Å². The summed E-state index contributed by atoms with van der Waals surface area (Å²) in [5, 5.41) is 7.83. The molecule has 0 bridgehead atoms. The summed E-state index contributed by atoms with van der Waals surface area (Å²) in [4.78, 5) is 40.2. The molecule has 1 unspecified atom stereocenters. The van der Waals surface area contributed by atoms with Crippen LogP contribution in [-0.2, 0) is 30.6 Å². The summed E-state index contributed by atoms with van der Waals surface area (Å²) in [5.74, 6) is -1.14. The van der Waals surface area contributed by atoms with Crippen LogP contribution >= 0.6 is 0 Å². The molecule has 0 spiro atoms. The number of nitrogens with two attached hydrogens (primary N) is 1. The van der Waals surface area contributed by atoms with Crippen LogP contribution < -0.4 is 21.3 Å². The quantitative estimate of drug-likeness (QED) is 0.313. The molecule has 0 radical (unpaired) electrons. The zero-order valence-electron chi connectivity index (χ0n) is 21.8. The lowest BCUT2D eigenvalue weighted by molar-refractivity contribution is -0.129. The highest BCUT2D eigenvalue weighted by Crippen LogP contribution is 2.30. The van der Waals surface area contributed by atoms with Gasteiger partial charge in [-0.1, -0.05) is 54.6 Å². The van der Waals surface area contributed by atoms with E-state index < -0.39 is 15.9 Å². The van der Waals surface area contributed by atoms with E-state index in [0.29, 0.717) is 38.0 Å². The number of fused-ring (bicyclic) bond motifs is 2. The van der Waals surface area contributed by atoms with Crippen LogP contribution in [0, 0.1) is 0 Å². The number of amides is 3. The van der Waals surface area contributed by atoms with E-state index >= 15 is 0 Å².